The maximum Gasteiger partial charge on any atom is 0.414 e. The molecule has 1 saturated carbocycles. The first kappa shape index (κ1) is 22.6. The maximum absolute atomic E-state index is 15.4. The molecule has 2 fully saturated rings. The Morgan fingerprint density at radius 2 is 2.22 bits per heavy atom. The summed E-state index contributed by atoms with van der Waals surface area (Å²) in [6.07, 6.45) is 0.401. The van der Waals surface area contributed by atoms with E-state index in [9.17, 15) is 15.0 Å². The van der Waals surface area contributed by atoms with E-state index >= 15 is 4.39 Å². The number of hydrogen-bond donors (Lipinski definition) is 3. The van der Waals surface area contributed by atoms with E-state index in [-0.39, 0.29) is 24.2 Å². The van der Waals surface area contributed by atoms with Gasteiger partial charge in [0, 0.05) is 13.1 Å². The fourth-order valence-corrected chi connectivity index (χ4v) is 3.81. The van der Waals surface area contributed by atoms with Crippen LogP contribution in [0.25, 0.3) is 11.2 Å². The summed E-state index contributed by atoms with van der Waals surface area (Å²) in [5.41, 5.74) is -1.57. The number of imidazole rings is 1. The van der Waals surface area contributed by atoms with Gasteiger partial charge in [0.25, 0.3) is 0 Å². The highest BCUT2D eigenvalue weighted by atomic mass is 19.1. The largest absolute Gasteiger partial charge is 0.449 e. The summed E-state index contributed by atoms with van der Waals surface area (Å²) in [6, 6.07) is 0.289. The van der Waals surface area contributed by atoms with Crippen LogP contribution in [0.2, 0.25) is 0 Å². The number of nitrogens with zero attached hydrogens (tertiary/aromatic N) is 5. The number of nitrogens with one attached hydrogen (secondary N) is 1. The molecule has 32 heavy (non-hydrogen) atoms. The van der Waals surface area contributed by atoms with Crippen molar-refractivity contribution in [1.82, 2.24) is 19.5 Å². The highest BCUT2D eigenvalue weighted by Gasteiger charge is 2.55. The van der Waals surface area contributed by atoms with Gasteiger partial charge in [-0.1, -0.05) is 13.3 Å². The molecule has 4 atom stereocenters. The number of halogens is 1. The Kier molecular flexibility index (Phi) is 6.19. The minimum Gasteiger partial charge on any atom is -0.449 e. The molecule has 2 aromatic heterocycles. The van der Waals surface area contributed by atoms with Crippen LogP contribution in [0.3, 0.4) is 0 Å². The first-order valence-electron chi connectivity index (χ1n) is 10.8. The second-order valence-corrected chi connectivity index (χ2v) is 8.46. The van der Waals surface area contributed by atoms with Gasteiger partial charge in [0.05, 0.1) is 19.5 Å². The summed E-state index contributed by atoms with van der Waals surface area (Å²) in [5, 5.41) is 22.2. The summed E-state index contributed by atoms with van der Waals surface area (Å²) in [6.45, 7) is 2.92. The Hall–Kier alpha value is -2.57. The summed E-state index contributed by atoms with van der Waals surface area (Å²) in [4.78, 5) is 27.3. The van der Waals surface area contributed by atoms with Crippen molar-refractivity contribution in [2.45, 2.75) is 69.7 Å². The summed E-state index contributed by atoms with van der Waals surface area (Å²) in [7, 11) is 1.87. The molecule has 2 aliphatic rings. The molecule has 2 aromatic rings. The van der Waals surface area contributed by atoms with Crippen LogP contribution in [0.15, 0.2) is 6.33 Å². The first-order chi connectivity index (χ1) is 15.3. The van der Waals surface area contributed by atoms with Gasteiger partial charge in [-0.25, -0.2) is 14.2 Å². The lowest BCUT2D eigenvalue weighted by Gasteiger charge is -2.25. The molecule has 0 bridgehead atoms. The Morgan fingerprint density at radius 3 is 2.84 bits per heavy atom. The first-order valence-corrected chi connectivity index (χ1v) is 10.8. The Labute approximate surface area is 184 Å². The van der Waals surface area contributed by atoms with E-state index in [1.807, 2.05) is 18.9 Å². The lowest BCUT2D eigenvalue weighted by atomic mass is 9.98. The third-order valence-corrected chi connectivity index (χ3v) is 5.93. The van der Waals surface area contributed by atoms with Crippen LogP contribution in [0, 0.1) is 0 Å². The fourth-order valence-electron chi connectivity index (χ4n) is 3.81. The zero-order valence-electron chi connectivity index (χ0n) is 18.4. The number of aliphatic hydroxyl groups is 2. The SMILES string of the molecule is CCCCOC(=O)Nc1nc(N(C)C2CC2)c2ncn([C@@H]3O[C@H](CO)[C@@H](O)[C@@]3(C)F)c2n1. The smallest absolute Gasteiger partial charge is 0.414 e. The zero-order chi connectivity index (χ0) is 23.0. The minimum absolute atomic E-state index is 0.0129. The molecule has 0 unspecified atom stereocenters. The molecule has 12 heteroatoms. The van der Waals surface area contributed by atoms with Gasteiger partial charge in [-0.05, 0) is 26.2 Å². The maximum atomic E-state index is 15.4. The van der Waals surface area contributed by atoms with Crippen LogP contribution in [-0.4, -0.2) is 80.0 Å². The van der Waals surface area contributed by atoms with Crippen LogP contribution in [0.4, 0.5) is 21.0 Å². The second-order valence-electron chi connectivity index (χ2n) is 8.46. The minimum atomic E-state index is -2.21. The van der Waals surface area contributed by atoms with Gasteiger partial charge in [-0.3, -0.25) is 9.88 Å². The quantitative estimate of drug-likeness (QED) is 0.512. The van der Waals surface area contributed by atoms with E-state index in [1.165, 1.54) is 17.8 Å². The van der Waals surface area contributed by atoms with Crippen LogP contribution in [0.1, 0.15) is 45.8 Å². The lowest BCUT2D eigenvalue weighted by molar-refractivity contribution is -0.0566. The molecular formula is C20H29FN6O5. The van der Waals surface area contributed by atoms with Crippen molar-refractivity contribution >= 4 is 29.0 Å². The Bertz CT molecular complexity index is 981. The normalized spacial score (nSPS) is 27.6. The van der Waals surface area contributed by atoms with Crippen LogP contribution in [-0.2, 0) is 9.47 Å². The number of amides is 1. The topological polar surface area (TPSA) is 135 Å². The van der Waals surface area contributed by atoms with Crippen molar-refractivity contribution < 1.29 is 28.9 Å². The summed E-state index contributed by atoms with van der Waals surface area (Å²) >= 11 is 0. The monoisotopic (exact) mass is 452 g/mol. The average molecular weight is 452 g/mol. The molecule has 0 radical (unpaired) electrons. The van der Waals surface area contributed by atoms with E-state index in [0.29, 0.717) is 11.3 Å². The molecule has 1 aliphatic heterocycles. The van der Waals surface area contributed by atoms with Gasteiger partial charge < -0.3 is 24.6 Å². The van der Waals surface area contributed by atoms with Crippen molar-refractivity contribution in [3.63, 3.8) is 0 Å². The molecule has 1 aliphatic carbocycles. The van der Waals surface area contributed by atoms with Gasteiger partial charge in [0.15, 0.2) is 28.9 Å². The molecule has 11 nitrogen and oxygen atoms in total. The van der Waals surface area contributed by atoms with Crippen molar-refractivity contribution in [2.75, 3.05) is 30.5 Å². The predicted octanol–water partition coefficient (Wildman–Crippen LogP) is 1.75. The van der Waals surface area contributed by atoms with Crippen LogP contribution in [0.5, 0.6) is 0 Å². The third kappa shape index (κ3) is 4.09. The molecule has 3 heterocycles. The van der Waals surface area contributed by atoms with Crippen molar-refractivity contribution in [2.24, 2.45) is 0 Å². The van der Waals surface area contributed by atoms with Gasteiger partial charge in [-0.15, -0.1) is 0 Å². The summed E-state index contributed by atoms with van der Waals surface area (Å²) in [5.74, 6) is 0.471. The Balaban J connectivity index is 1.72. The van der Waals surface area contributed by atoms with Crippen molar-refractivity contribution in [3.8, 4) is 0 Å². The molecule has 176 valence electrons. The molecule has 3 N–H and O–H groups in total. The number of aliphatic hydroxyl groups excluding tert-OH is 2. The number of anilines is 2. The van der Waals surface area contributed by atoms with Crippen molar-refractivity contribution in [1.29, 1.82) is 0 Å². The number of carbonyl (C=O) groups is 1. The van der Waals surface area contributed by atoms with E-state index in [2.05, 4.69) is 20.3 Å². The molecule has 0 aromatic carbocycles. The van der Waals surface area contributed by atoms with Crippen LogP contribution < -0.4 is 10.2 Å². The molecule has 1 amide bonds. The van der Waals surface area contributed by atoms with Gasteiger partial charge in [0.1, 0.15) is 12.2 Å². The van der Waals surface area contributed by atoms with Gasteiger partial charge in [0.2, 0.25) is 5.95 Å². The highest BCUT2D eigenvalue weighted by molar-refractivity contribution is 5.88. The number of rotatable bonds is 8. The highest BCUT2D eigenvalue weighted by Crippen LogP contribution is 2.43. The zero-order valence-corrected chi connectivity index (χ0v) is 18.4. The number of aromatic nitrogens is 4. The van der Waals surface area contributed by atoms with Crippen molar-refractivity contribution in [3.05, 3.63) is 6.33 Å². The fraction of sp³-hybridized carbons (Fsp3) is 0.700. The number of unbranched alkanes of at least 4 members (excludes halogenated alkanes) is 1. The summed E-state index contributed by atoms with van der Waals surface area (Å²) < 4.78 is 27.5. The Morgan fingerprint density at radius 1 is 1.47 bits per heavy atom. The standard InChI is InChI=1S/C20H29FN6O5/c1-4-5-8-31-19(30)25-18-23-15(26(3)11-6-7-11)13-16(24-18)27(10-22-13)17-20(2,21)14(29)12(9-28)32-17/h10-12,14,17,28-29H,4-9H2,1-3H3,(H,23,24,25,30)/t12-,14-,17-,20-/m1/s1. The van der Waals surface area contributed by atoms with E-state index in [4.69, 9.17) is 9.47 Å². The van der Waals surface area contributed by atoms with Gasteiger partial charge in [-0.2, -0.15) is 9.97 Å². The molecule has 0 spiro atoms. The average Bonchev–Trinajstić information content (AvgIpc) is 3.49. The lowest BCUT2D eigenvalue weighted by Crippen LogP contribution is -2.40. The number of hydrogen-bond acceptors (Lipinski definition) is 9. The number of alkyl halides is 1. The molecule has 4 rings (SSSR count). The second kappa shape index (κ2) is 8.75. The number of ether oxygens (including phenoxy) is 2. The van der Waals surface area contributed by atoms with Gasteiger partial charge >= 0.3 is 6.09 Å². The number of fused-ring (bicyclic) bond motifs is 1. The number of carbonyl (C=O) groups excluding carboxylic acids is 1. The van der Waals surface area contributed by atoms with Crippen LogP contribution >= 0.6 is 0 Å². The van der Waals surface area contributed by atoms with E-state index in [0.717, 1.165) is 25.7 Å². The third-order valence-electron chi connectivity index (χ3n) is 5.93. The molecular weight excluding hydrogens is 423 g/mol. The van der Waals surface area contributed by atoms with E-state index in [1.54, 1.807) is 0 Å². The van der Waals surface area contributed by atoms with E-state index < -0.39 is 36.8 Å². The molecule has 1 saturated heterocycles. The predicted molar refractivity (Wildman–Crippen MR) is 113 cm³/mol.